The molecule has 1 aromatic heterocycles. The third-order valence-electron chi connectivity index (χ3n) is 7.47. The normalized spacial score (nSPS) is 22.3. The summed E-state index contributed by atoms with van der Waals surface area (Å²) in [5.41, 5.74) is 2.81. The molecule has 1 saturated carbocycles. The highest BCUT2D eigenvalue weighted by molar-refractivity contribution is 6.11. The molecule has 1 aromatic carbocycles. The van der Waals surface area contributed by atoms with Gasteiger partial charge >= 0.3 is 0 Å². The molecule has 4 heteroatoms. The number of hydrogen-bond acceptors (Lipinski definition) is 3. The van der Waals surface area contributed by atoms with Crippen LogP contribution >= 0.6 is 0 Å². The van der Waals surface area contributed by atoms with Crippen LogP contribution in [0.4, 0.5) is 0 Å². The summed E-state index contributed by atoms with van der Waals surface area (Å²) in [7, 11) is 0. The summed E-state index contributed by atoms with van der Waals surface area (Å²) in [4.78, 5) is 13.5. The van der Waals surface area contributed by atoms with Crippen molar-refractivity contribution in [1.29, 1.82) is 0 Å². The monoisotopic (exact) mass is 369 g/mol. The number of ketones is 1. The number of benzene rings is 1. The predicted molar refractivity (Wildman–Crippen MR) is 107 cm³/mol. The lowest BCUT2D eigenvalue weighted by molar-refractivity contribution is 0.0616. The van der Waals surface area contributed by atoms with Crippen molar-refractivity contribution in [3.05, 3.63) is 35.5 Å². The Balaban J connectivity index is 1.74. The van der Waals surface area contributed by atoms with Gasteiger partial charge in [-0.3, -0.25) is 4.79 Å². The van der Waals surface area contributed by atoms with E-state index in [4.69, 9.17) is 4.74 Å². The first-order valence-corrected chi connectivity index (χ1v) is 10.1. The van der Waals surface area contributed by atoms with Crippen molar-refractivity contribution >= 4 is 16.7 Å². The van der Waals surface area contributed by atoms with E-state index in [1.807, 2.05) is 12.1 Å². The first kappa shape index (κ1) is 18.7. The topological polar surface area (TPSA) is 51.5 Å². The summed E-state index contributed by atoms with van der Waals surface area (Å²) in [6.07, 6.45) is 4.20. The molecule has 1 aliphatic heterocycles. The molecule has 1 N–H and O–H groups in total. The van der Waals surface area contributed by atoms with Crippen LogP contribution in [0.25, 0.3) is 10.9 Å². The molecule has 2 aliphatic rings. The number of nitrogens with zero attached hydrogens (tertiary/aromatic N) is 1. The van der Waals surface area contributed by atoms with E-state index in [0.717, 1.165) is 54.6 Å². The van der Waals surface area contributed by atoms with E-state index in [0.29, 0.717) is 5.92 Å². The molecule has 0 atom stereocenters. The lowest BCUT2D eigenvalue weighted by atomic mass is 10.00. The van der Waals surface area contributed by atoms with E-state index in [1.165, 1.54) is 0 Å². The zero-order valence-corrected chi connectivity index (χ0v) is 16.9. The number of rotatable bonds is 5. The lowest BCUT2D eigenvalue weighted by Gasteiger charge is -2.22. The van der Waals surface area contributed by atoms with Crippen molar-refractivity contribution in [2.45, 2.75) is 53.7 Å². The number of hydrogen-bond donors (Lipinski definition) is 1. The van der Waals surface area contributed by atoms with Gasteiger partial charge in [0.25, 0.3) is 0 Å². The van der Waals surface area contributed by atoms with Gasteiger partial charge in [0.05, 0.1) is 6.61 Å². The minimum absolute atomic E-state index is 0.00483. The summed E-state index contributed by atoms with van der Waals surface area (Å²) < 4.78 is 7.75. The van der Waals surface area contributed by atoms with Crippen LogP contribution in [0, 0.1) is 22.7 Å². The highest BCUT2D eigenvalue weighted by Gasteiger charge is 2.68. The van der Waals surface area contributed by atoms with Crippen LogP contribution in [-0.4, -0.2) is 28.7 Å². The molecule has 0 amide bonds. The molecule has 0 spiro atoms. The highest BCUT2D eigenvalue weighted by atomic mass is 16.5. The number of fused-ring (bicyclic) bond motifs is 1. The predicted octanol–water partition coefficient (Wildman–Crippen LogP) is 4.43. The minimum atomic E-state index is -0.00483. The van der Waals surface area contributed by atoms with Gasteiger partial charge in [-0.05, 0) is 47.3 Å². The molecule has 2 heterocycles. The molecular formula is C23H31NO3. The van der Waals surface area contributed by atoms with E-state index in [9.17, 15) is 9.90 Å². The zero-order valence-electron chi connectivity index (χ0n) is 16.9. The van der Waals surface area contributed by atoms with Gasteiger partial charge in [-0.1, -0.05) is 33.8 Å². The van der Waals surface area contributed by atoms with Crippen LogP contribution in [0.15, 0.2) is 24.4 Å². The molecule has 27 heavy (non-hydrogen) atoms. The molecule has 4 rings (SSSR count). The maximum atomic E-state index is 13.5. The van der Waals surface area contributed by atoms with Gasteiger partial charge in [-0.15, -0.1) is 0 Å². The summed E-state index contributed by atoms with van der Waals surface area (Å²) in [5.74, 6) is 0.879. The van der Waals surface area contributed by atoms with Crippen molar-refractivity contribution in [2.75, 3.05) is 13.2 Å². The van der Waals surface area contributed by atoms with Crippen molar-refractivity contribution in [1.82, 2.24) is 4.57 Å². The van der Waals surface area contributed by atoms with E-state index >= 15 is 0 Å². The van der Waals surface area contributed by atoms with Crippen molar-refractivity contribution in [3.63, 3.8) is 0 Å². The number of ether oxygens (including phenoxy) is 1. The smallest absolute Gasteiger partial charge is 0.169 e. The number of carbonyl (C=O) groups excluding carboxylic acids is 1. The lowest BCUT2D eigenvalue weighted by Crippen LogP contribution is -2.20. The molecule has 4 nitrogen and oxygen atoms in total. The Labute approximate surface area is 161 Å². The number of carbonyl (C=O) groups is 1. The first-order valence-electron chi connectivity index (χ1n) is 10.1. The van der Waals surface area contributed by atoms with Crippen LogP contribution in [0.2, 0.25) is 0 Å². The molecule has 146 valence electrons. The largest absolute Gasteiger partial charge is 0.392 e. The van der Waals surface area contributed by atoms with Gasteiger partial charge < -0.3 is 14.4 Å². The third-order valence-corrected chi connectivity index (χ3v) is 7.47. The zero-order chi connectivity index (χ0) is 19.4. The fourth-order valence-electron chi connectivity index (χ4n) is 5.00. The number of aliphatic hydroxyl groups is 1. The van der Waals surface area contributed by atoms with Crippen molar-refractivity contribution < 1.29 is 14.6 Å². The van der Waals surface area contributed by atoms with E-state index in [-0.39, 0.29) is 29.1 Å². The summed E-state index contributed by atoms with van der Waals surface area (Å²) in [6.45, 7) is 11.3. The minimum Gasteiger partial charge on any atom is -0.392 e. The third kappa shape index (κ3) is 2.94. The Morgan fingerprint density at radius 2 is 1.85 bits per heavy atom. The average molecular weight is 370 g/mol. The van der Waals surface area contributed by atoms with Crippen LogP contribution in [-0.2, 0) is 17.9 Å². The van der Waals surface area contributed by atoms with Gasteiger partial charge in [0.2, 0.25) is 0 Å². The molecule has 2 fully saturated rings. The molecular weight excluding hydrogens is 338 g/mol. The van der Waals surface area contributed by atoms with Gasteiger partial charge in [-0.25, -0.2) is 0 Å². The summed E-state index contributed by atoms with van der Waals surface area (Å²) >= 11 is 0. The maximum absolute atomic E-state index is 13.5. The summed E-state index contributed by atoms with van der Waals surface area (Å²) in [6, 6.07) is 6.01. The van der Waals surface area contributed by atoms with Crippen LogP contribution in [0.3, 0.4) is 0 Å². The van der Waals surface area contributed by atoms with E-state index in [2.05, 4.69) is 44.5 Å². The first-order chi connectivity index (χ1) is 12.8. The van der Waals surface area contributed by atoms with Crippen molar-refractivity contribution in [2.24, 2.45) is 22.7 Å². The highest BCUT2D eigenvalue weighted by Crippen LogP contribution is 2.69. The fraction of sp³-hybridized carbons (Fsp3) is 0.609. The maximum Gasteiger partial charge on any atom is 0.169 e. The van der Waals surface area contributed by atoms with Crippen molar-refractivity contribution in [3.8, 4) is 0 Å². The second-order valence-corrected chi connectivity index (χ2v) is 9.50. The molecule has 2 aromatic rings. The molecule has 0 unspecified atom stereocenters. The van der Waals surface area contributed by atoms with Crippen LogP contribution in [0.1, 0.15) is 56.5 Å². The second kappa shape index (κ2) is 6.46. The number of aromatic nitrogens is 1. The van der Waals surface area contributed by atoms with Crippen LogP contribution < -0.4 is 0 Å². The number of Topliss-reactive ketones (excluding diaryl/α,β-unsaturated/α-hetero) is 1. The quantitative estimate of drug-likeness (QED) is 0.794. The molecule has 1 aliphatic carbocycles. The van der Waals surface area contributed by atoms with Crippen LogP contribution in [0.5, 0.6) is 0 Å². The SMILES string of the molecule is CC1(C)C(C(=O)c2cn(CC3CCOCC3)c3ccc(CO)cc23)C1(C)C. The Morgan fingerprint density at radius 1 is 1.19 bits per heavy atom. The van der Waals surface area contributed by atoms with Gasteiger partial charge in [-0.2, -0.15) is 0 Å². The average Bonchev–Trinajstić information content (AvgIpc) is 2.91. The Bertz CT molecular complexity index is 857. The molecule has 0 bridgehead atoms. The van der Waals surface area contributed by atoms with Gasteiger partial charge in [0.15, 0.2) is 5.78 Å². The molecule has 1 saturated heterocycles. The Morgan fingerprint density at radius 3 is 2.44 bits per heavy atom. The van der Waals surface area contributed by atoms with E-state index in [1.54, 1.807) is 0 Å². The Kier molecular flexibility index (Phi) is 4.47. The van der Waals surface area contributed by atoms with E-state index < -0.39 is 0 Å². The Hall–Kier alpha value is -1.65. The fourth-order valence-corrected chi connectivity index (χ4v) is 5.00. The summed E-state index contributed by atoms with van der Waals surface area (Å²) in [5, 5.41) is 10.6. The van der Waals surface area contributed by atoms with Gasteiger partial charge in [0, 0.05) is 48.3 Å². The number of aliphatic hydroxyl groups excluding tert-OH is 1. The van der Waals surface area contributed by atoms with Gasteiger partial charge in [0.1, 0.15) is 0 Å². The standard InChI is InChI=1S/C23H31NO3/c1-22(2)21(23(22,3)4)20(26)18-13-24(12-15-7-9-27-10-8-15)19-6-5-16(14-25)11-17(18)19/h5-6,11,13,15,21,25H,7-10,12,14H2,1-4H3. The second-order valence-electron chi connectivity index (χ2n) is 9.50. The molecule has 0 radical (unpaired) electrons.